The number of hydrogen-bond acceptors (Lipinski definition) is 2. The second kappa shape index (κ2) is 7.29. The highest BCUT2D eigenvalue weighted by Gasteiger charge is 2.02. The first-order chi connectivity index (χ1) is 7.77. The first-order valence-electron chi connectivity index (χ1n) is 5.65. The molecule has 2 nitrogen and oxygen atoms in total. The van der Waals surface area contributed by atoms with Gasteiger partial charge in [0.2, 0.25) is 0 Å². The summed E-state index contributed by atoms with van der Waals surface area (Å²) in [6, 6.07) is 5.07. The van der Waals surface area contributed by atoms with Gasteiger partial charge in [0, 0.05) is 5.56 Å². The van der Waals surface area contributed by atoms with E-state index in [0.717, 1.165) is 12.7 Å². The van der Waals surface area contributed by atoms with Crippen molar-refractivity contribution in [3.05, 3.63) is 28.8 Å². The minimum absolute atomic E-state index is 0.500. The zero-order valence-corrected chi connectivity index (χ0v) is 10.3. The summed E-state index contributed by atoms with van der Waals surface area (Å²) >= 11 is 5.96. The number of halogens is 1. The average molecular weight is 241 g/mol. The van der Waals surface area contributed by atoms with Gasteiger partial charge in [-0.05, 0) is 24.6 Å². The molecule has 0 aliphatic heterocycles. The molecule has 0 unspecified atom stereocenters. The Morgan fingerprint density at radius 2 is 2.12 bits per heavy atom. The van der Waals surface area contributed by atoms with E-state index in [1.165, 1.54) is 19.3 Å². The molecule has 88 valence electrons. The molecule has 16 heavy (non-hydrogen) atoms. The van der Waals surface area contributed by atoms with Gasteiger partial charge in [0.15, 0.2) is 0 Å². The van der Waals surface area contributed by atoms with E-state index < -0.39 is 0 Å². The fourth-order valence-electron chi connectivity index (χ4n) is 1.42. The van der Waals surface area contributed by atoms with Gasteiger partial charge >= 0.3 is 0 Å². The van der Waals surface area contributed by atoms with Crippen molar-refractivity contribution in [2.75, 3.05) is 6.61 Å². The van der Waals surface area contributed by atoms with E-state index >= 15 is 0 Å². The standard InChI is InChI=1S/C13H17ClO2/c1-2-3-4-5-8-16-13-7-6-11(10-15)9-12(13)14/h6-7,9-10H,2-5,8H2,1H3. The van der Waals surface area contributed by atoms with E-state index in [1.807, 2.05) is 0 Å². The molecule has 1 rings (SSSR count). The Morgan fingerprint density at radius 3 is 2.75 bits per heavy atom. The summed E-state index contributed by atoms with van der Waals surface area (Å²) in [5, 5.41) is 0.500. The van der Waals surface area contributed by atoms with Crippen LogP contribution in [0.4, 0.5) is 0 Å². The van der Waals surface area contributed by atoms with Crippen LogP contribution in [-0.4, -0.2) is 12.9 Å². The van der Waals surface area contributed by atoms with Gasteiger partial charge in [-0.1, -0.05) is 37.8 Å². The second-order valence-corrected chi connectivity index (χ2v) is 4.12. The van der Waals surface area contributed by atoms with Gasteiger partial charge in [-0.2, -0.15) is 0 Å². The molecule has 0 fully saturated rings. The first kappa shape index (κ1) is 13.0. The maximum atomic E-state index is 10.5. The normalized spacial score (nSPS) is 10.1. The van der Waals surface area contributed by atoms with Gasteiger partial charge in [0.1, 0.15) is 12.0 Å². The second-order valence-electron chi connectivity index (χ2n) is 3.72. The van der Waals surface area contributed by atoms with Crippen LogP contribution in [0.15, 0.2) is 18.2 Å². The monoisotopic (exact) mass is 240 g/mol. The summed E-state index contributed by atoms with van der Waals surface area (Å²) in [5.41, 5.74) is 0.573. The third-order valence-electron chi connectivity index (χ3n) is 2.35. The van der Waals surface area contributed by atoms with Crippen LogP contribution < -0.4 is 4.74 Å². The predicted molar refractivity (Wildman–Crippen MR) is 66.5 cm³/mol. The molecule has 0 amide bonds. The van der Waals surface area contributed by atoms with Crippen molar-refractivity contribution in [1.29, 1.82) is 0 Å². The van der Waals surface area contributed by atoms with Gasteiger partial charge in [0.05, 0.1) is 11.6 Å². The van der Waals surface area contributed by atoms with Crippen molar-refractivity contribution in [2.24, 2.45) is 0 Å². The third kappa shape index (κ3) is 4.23. The maximum Gasteiger partial charge on any atom is 0.150 e. The van der Waals surface area contributed by atoms with Crippen molar-refractivity contribution in [3.8, 4) is 5.75 Å². The largest absolute Gasteiger partial charge is 0.492 e. The van der Waals surface area contributed by atoms with Gasteiger partial charge in [-0.25, -0.2) is 0 Å². The Labute approximate surface area is 102 Å². The summed E-state index contributed by atoms with van der Waals surface area (Å²) < 4.78 is 5.53. The first-order valence-corrected chi connectivity index (χ1v) is 6.03. The Bertz CT molecular complexity index is 337. The molecule has 0 heterocycles. The van der Waals surface area contributed by atoms with E-state index in [1.54, 1.807) is 18.2 Å². The number of rotatable bonds is 7. The molecule has 0 aliphatic carbocycles. The number of ether oxygens (including phenoxy) is 1. The molecule has 0 aromatic heterocycles. The smallest absolute Gasteiger partial charge is 0.150 e. The topological polar surface area (TPSA) is 26.3 Å². The molecule has 0 bridgehead atoms. The maximum absolute atomic E-state index is 10.5. The minimum Gasteiger partial charge on any atom is -0.492 e. The van der Waals surface area contributed by atoms with Crippen molar-refractivity contribution in [1.82, 2.24) is 0 Å². The SMILES string of the molecule is CCCCCCOc1ccc(C=O)cc1Cl. The number of benzene rings is 1. The van der Waals surface area contributed by atoms with Crippen LogP contribution in [0.2, 0.25) is 5.02 Å². The lowest BCUT2D eigenvalue weighted by Crippen LogP contribution is -1.98. The average Bonchev–Trinajstić information content (AvgIpc) is 2.30. The molecule has 0 aliphatic rings. The zero-order chi connectivity index (χ0) is 11.8. The molecule has 1 aromatic carbocycles. The summed E-state index contributed by atoms with van der Waals surface area (Å²) in [4.78, 5) is 10.5. The highest BCUT2D eigenvalue weighted by atomic mass is 35.5. The summed E-state index contributed by atoms with van der Waals surface area (Å²) in [6.07, 6.45) is 5.45. The van der Waals surface area contributed by atoms with E-state index in [2.05, 4.69) is 6.92 Å². The van der Waals surface area contributed by atoms with Crippen molar-refractivity contribution in [2.45, 2.75) is 32.6 Å². The van der Waals surface area contributed by atoms with Crippen LogP contribution in [0.25, 0.3) is 0 Å². The number of carbonyl (C=O) groups is 1. The molecular weight excluding hydrogens is 224 g/mol. The minimum atomic E-state index is 0.500. The van der Waals surface area contributed by atoms with Crippen molar-refractivity contribution < 1.29 is 9.53 Å². The fraction of sp³-hybridized carbons (Fsp3) is 0.462. The Kier molecular flexibility index (Phi) is 5.94. The van der Waals surface area contributed by atoms with Crippen LogP contribution in [0, 0.1) is 0 Å². The lowest BCUT2D eigenvalue weighted by Gasteiger charge is -2.07. The number of unbranched alkanes of at least 4 members (excludes halogenated alkanes) is 3. The lowest BCUT2D eigenvalue weighted by atomic mass is 10.2. The van der Waals surface area contributed by atoms with Crippen LogP contribution in [0.1, 0.15) is 43.0 Å². The van der Waals surface area contributed by atoms with Gasteiger partial charge < -0.3 is 4.74 Å². The van der Waals surface area contributed by atoms with Gasteiger partial charge in [-0.15, -0.1) is 0 Å². The van der Waals surface area contributed by atoms with Gasteiger partial charge in [0.25, 0.3) is 0 Å². The summed E-state index contributed by atoms with van der Waals surface area (Å²) in [7, 11) is 0. The lowest BCUT2D eigenvalue weighted by molar-refractivity contribution is 0.112. The van der Waals surface area contributed by atoms with E-state index in [9.17, 15) is 4.79 Å². The molecular formula is C13H17ClO2. The van der Waals surface area contributed by atoms with Crippen molar-refractivity contribution in [3.63, 3.8) is 0 Å². The van der Waals surface area contributed by atoms with Crippen LogP contribution in [-0.2, 0) is 0 Å². The molecule has 0 N–H and O–H groups in total. The van der Waals surface area contributed by atoms with E-state index in [0.29, 0.717) is 22.9 Å². The molecule has 0 spiro atoms. The van der Waals surface area contributed by atoms with Gasteiger partial charge in [-0.3, -0.25) is 4.79 Å². The Morgan fingerprint density at radius 1 is 1.31 bits per heavy atom. The molecule has 0 saturated heterocycles. The molecule has 0 radical (unpaired) electrons. The summed E-state index contributed by atoms with van der Waals surface area (Å²) in [6.45, 7) is 2.86. The van der Waals surface area contributed by atoms with E-state index in [4.69, 9.17) is 16.3 Å². The molecule has 0 atom stereocenters. The molecule has 0 saturated carbocycles. The van der Waals surface area contributed by atoms with Crippen LogP contribution in [0.5, 0.6) is 5.75 Å². The van der Waals surface area contributed by atoms with Crippen LogP contribution >= 0.6 is 11.6 Å². The zero-order valence-electron chi connectivity index (χ0n) is 9.54. The number of hydrogen-bond donors (Lipinski definition) is 0. The third-order valence-corrected chi connectivity index (χ3v) is 2.64. The highest BCUT2D eigenvalue weighted by Crippen LogP contribution is 2.25. The van der Waals surface area contributed by atoms with Crippen LogP contribution in [0.3, 0.4) is 0 Å². The Hall–Kier alpha value is -1.02. The summed E-state index contributed by atoms with van der Waals surface area (Å²) in [5.74, 6) is 0.656. The Balaban J connectivity index is 2.39. The quantitative estimate of drug-likeness (QED) is 0.530. The molecule has 3 heteroatoms. The molecule has 1 aromatic rings. The number of carbonyl (C=O) groups excluding carboxylic acids is 1. The highest BCUT2D eigenvalue weighted by molar-refractivity contribution is 6.32. The number of aldehydes is 1. The predicted octanol–water partition coefficient (Wildman–Crippen LogP) is 4.11. The van der Waals surface area contributed by atoms with Crippen molar-refractivity contribution >= 4 is 17.9 Å². The van der Waals surface area contributed by atoms with E-state index in [-0.39, 0.29) is 0 Å². The fourth-order valence-corrected chi connectivity index (χ4v) is 1.66.